The van der Waals surface area contributed by atoms with Gasteiger partial charge in [-0.2, -0.15) is 0 Å². The van der Waals surface area contributed by atoms with Crippen molar-refractivity contribution in [2.45, 2.75) is 24.2 Å². The van der Waals surface area contributed by atoms with Crippen LogP contribution < -0.4 is 0 Å². The number of hydrogen-bond acceptors (Lipinski definition) is 3. The monoisotopic (exact) mass is 356 g/mol. The molecule has 4 nitrogen and oxygen atoms in total. The maximum atomic E-state index is 10.8. The van der Waals surface area contributed by atoms with Gasteiger partial charge < -0.3 is 10.2 Å². The lowest BCUT2D eigenvalue weighted by atomic mass is 10.0. The number of benzene rings is 2. The summed E-state index contributed by atoms with van der Waals surface area (Å²) in [4.78, 5) is 22.6. The average Bonchev–Trinajstić information content (AvgIpc) is 2.59. The molecule has 25 heavy (non-hydrogen) atoms. The van der Waals surface area contributed by atoms with Crippen molar-refractivity contribution in [3.8, 4) is 0 Å². The summed E-state index contributed by atoms with van der Waals surface area (Å²) in [5.41, 5.74) is 1.12. The maximum Gasteiger partial charge on any atom is 0.330 e. The summed E-state index contributed by atoms with van der Waals surface area (Å²) < 4.78 is 0. The minimum absolute atomic E-state index is 0.247. The van der Waals surface area contributed by atoms with Gasteiger partial charge in [0.1, 0.15) is 0 Å². The summed E-state index contributed by atoms with van der Waals surface area (Å²) >= 11 is 1.70. The number of thioether (sulfide) groups is 1. The van der Waals surface area contributed by atoms with E-state index in [2.05, 4.69) is 6.58 Å². The molecule has 130 valence electrons. The highest BCUT2D eigenvalue weighted by Gasteiger charge is 2.07. The van der Waals surface area contributed by atoms with Gasteiger partial charge in [-0.3, -0.25) is 0 Å². The van der Waals surface area contributed by atoms with Gasteiger partial charge in [0, 0.05) is 21.9 Å². The van der Waals surface area contributed by atoms with Gasteiger partial charge in [-0.25, -0.2) is 9.59 Å². The number of aliphatic carboxylic acids is 2. The van der Waals surface area contributed by atoms with Crippen LogP contribution >= 0.6 is 11.8 Å². The van der Waals surface area contributed by atoms with Crippen molar-refractivity contribution < 1.29 is 19.8 Å². The number of carbonyl (C=O) groups is 2. The van der Waals surface area contributed by atoms with Gasteiger partial charge in [0.25, 0.3) is 0 Å². The van der Waals surface area contributed by atoms with Gasteiger partial charge in [-0.05, 0) is 48.1 Å². The average molecular weight is 356 g/mol. The second-order valence-electron chi connectivity index (χ2n) is 5.59. The number of fused-ring (bicyclic) bond motifs is 1. The lowest BCUT2D eigenvalue weighted by Crippen LogP contribution is -1.98. The molecular weight excluding hydrogens is 336 g/mol. The SMILES string of the molecule is C=C(CCCCSc1cccc2cccc(C=CC(=O)O)c12)C(=O)O. The van der Waals surface area contributed by atoms with E-state index in [4.69, 9.17) is 10.2 Å². The van der Waals surface area contributed by atoms with Crippen LogP contribution in [0.3, 0.4) is 0 Å². The predicted molar refractivity (Wildman–Crippen MR) is 102 cm³/mol. The van der Waals surface area contributed by atoms with Crippen molar-refractivity contribution in [2.75, 3.05) is 5.75 Å². The van der Waals surface area contributed by atoms with E-state index in [1.807, 2.05) is 36.4 Å². The molecule has 0 saturated heterocycles. The number of unbranched alkanes of at least 4 members (excludes halogenated alkanes) is 1. The Bertz CT molecular complexity index is 818. The molecule has 0 saturated carbocycles. The van der Waals surface area contributed by atoms with E-state index in [9.17, 15) is 9.59 Å². The fourth-order valence-electron chi connectivity index (χ4n) is 2.48. The van der Waals surface area contributed by atoms with Crippen molar-refractivity contribution in [1.82, 2.24) is 0 Å². The Hall–Kier alpha value is -2.53. The zero-order chi connectivity index (χ0) is 18.2. The summed E-state index contributed by atoms with van der Waals surface area (Å²) in [5, 5.41) is 19.8. The third kappa shape index (κ3) is 5.50. The third-order valence-electron chi connectivity index (χ3n) is 3.74. The molecule has 0 atom stereocenters. The molecule has 0 heterocycles. The highest BCUT2D eigenvalue weighted by Crippen LogP contribution is 2.32. The van der Waals surface area contributed by atoms with E-state index in [0.717, 1.165) is 45.9 Å². The normalized spacial score (nSPS) is 11.0. The molecule has 0 unspecified atom stereocenters. The van der Waals surface area contributed by atoms with Crippen LogP contribution in [0.2, 0.25) is 0 Å². The lowest BCUT2D eigenvalue weighted by molar-refractivity contribution is -0.133. The first-order valence-electron chi connectivity index (χ1n) is 7.95. The quantitative estimate of drug-likeness (QED) is 0.382. The molecule has 2 aromatic rings. The van der Waals surface area contributed by atoms with Crippen LogP contribution in [0.4, 0.5) is 0 Å². The summed E-state index contributed by atoms with van der Waals surface area (Å²) in [7, 11) is 0. The molecule has 0 aliphatic heterocycles. The zero-order valence-corrected chi connectivity index (χ0v) is 14.6. The number of carboxylic acids is 2. The molecule has 0 aliphatic carbocycles. The highest BCUT2D eigenvalue weighted by molar-refractivity contribution is 7.99. The van der Waals surface area contributed by atoms with Crippen molar-refractivity contribution in [3.63, 3.8) is 0 Å². The molecule has 0 fully saturated rings. The summed E-state index contributed by atoms with van der Waals surface area (Å²) in [5.74, 6) is -1.04. The Morgan fingerprint density at radius 1 is 1.08 bits per heavy atom. The minimum Gasteiger partial charge on any atom is -0.478 e. The first-order chi connectivity index (χ1) is 12.0. The van der Waals surface area contributed by atoms with Gasteiger partial charge >= 0.3 is 11.9 Å². The molecule has 0 aliphatic rings. The van der Waals surface area contributed by atoms with E-state index in [0.29, 0.717) is 6.42 Å². The Labute approximate surface area is 150 Å². The molecule has 0 spiro atoms. The fraction of sp³-hybridized carbons (Fsp3) is 0.200. The topological polar surface area (TPSA) is 74.6 Å². The molecule has 0 aromatic heterocycles. The van der Waals surface area contributed by atoms with Crippen LogP contribution in [0.5, 0.6) is 0 Å². The summed E-state index contributed by atoms with van der Waals surface area (Å²) in [6, 6.07) is 11.9. The van der Waals surface area contributed by atoms with Crippen molar-refractivity contribution in [3.05, 3.63) is 60.2 Å². The molecule has 2 rings (SSSR count). The highest BCUT2D eigenvalue weighted by atomic mass is 32.2. The molecular formula is C20H20O4S. The van der Waals surface area contributed by atoms with Gasteiger partial charge in [-0.1, -0.05) is 36.9 Å². The second-order valence-corrected chi connectivity index (χ2v) is 6.72. The van der Waals surface area contributed by atoms with Crippen molar-refractivity contribution in [1.29, 1.82) is 0 Å². The van der Waals surface area contributed by atoms with E-state index in [1.54, 1.807) is 17.8 Å². The first-order valence-corrected chi connectivity index (χ1v) is 8.94. The van der Waals surface area contributed by atoms with Gasteiger partial charge in [0.2, 0.25) is 0 Å². The van der Waals surface area contributed by atoms with Crippen LogP contribution in [-0.2, 0) is 9.59 Å². The van der Waals surface area contributed by atoms with Crippen LogP contribution in [0.15, 0.2) is 59.5 Å². The van der Waals surface area contributed by atoms with Crippen molar-refractivity contribution >= 4 is 40.5 Å². The largest absolute Gasteiger partial charge is 0.478 e. The van der Waals surface area contributed by atoms with Gasteiger partial charge in [0.15, 0.2) is 0 Å². The third-order valence-corrected chi connectivity index (χ3v) is 4.88. The van der Waals surface area contributed by atoms with E-state index >= 15 is 0 Å². The zero-order valence-electron chi connectivity index (χ0n) is 13.8. The van der Waals surface area contributed by atoms with Crippen molar-refractivity contribution in [2.24, 2.45) is 0 Å². The smallest absolute Gasteiger partial charge is 0.330 e. The Kier molecular flexibility index (Phi) is 6.83. The second kappa shape index (κ2) is 9.08. The van der Waals surface area contributed by atoms with E-state index in [1.165, 1.54) is 0 Å². The number of carboxylic acid groups (broad SMARTS) is 2. The summed E-state index contributed by atoms with van der Waals surface area (Å²) in [6.45, 7) is 3.54. The Morgan fingerprint density at radius 3 is 2.48 bits per heavy atom. The Balaban J connectivity index is 2.09. The Morgan fingerprint density at radius 2 is 1.80 bits per heavy atom. The fourth-order valence-corrected chi connectivity index (χ4v) is 3.61. The molecule has 2 aromatic carbocycles. The minimum atomic E-state index is -0.971. The maximum absolute atomic E-state index is 10.8. The molecule has 2 N–H and O–H groups in total. The van der Waals surface area contributed by atoms with Gasteiger partial charge in [-0.15, -0.1) is 11.8 Å². The lowest BCUT2D eigenvalue weighted by Gasteiger charge is -2.09. The van der Waals surface area contributed by atoms with Gasteiger partial charge in [0.05, 0.1) is 0 Å². The van der Waals surface area contributed by atoms with E-state index in [-0.39, 0.29) is 5.57 Å². The molecule has 5 heteroatoms. The molecule has 0 radical (unpaired) electrons. The number of rotatable bonds is 9. The van der Waals surface area contributed by atoms with E-state index < -0.39 is 11.9 Å². The molecule has 0 bridgehead atoms. The molecule has 0 amide bonds. The predicted octanol–water partition coefficient (Wildman–Crippen LogP) is 4.84. The van der Waals surface area contributed by atoms with Crippen LogP contribution in [0, 0.1) is 0 Å². The van der Waals surface area contributed by atoms with Crippen LogP contribution in [-0.4, -0.2) is 27.9 Å². The van der Waals surface area contributed by atoms with Crippen LogP contribution in [0.1, 0.15) is 24.8 Å². The van der Waals surface area contributed by atoms with Crippen LogP contribution in [0.25, 0.3) is 16.8 Å². The standard InChI is InChI=1S/C20H20O4S/c1-14(20(23)24)6-2-3-13-25-17-10-5-9-15-7-4-8-16(19(15)17)11-12-18(21)22/h4-5,7-12H,1-3,6,13H2,(H,21,22)(H,23,24). The number of hydrogen-bond donors (Lipinski definition) is 2. The first kappa shape index (κ1) is 18.8. The summed E-state index contributed by atoms with van der Waals surface area (Å²) in [6.07, 6.45) is 4.94.